The summed E-state index contributed by atoms with van der Waals surface area (Å²) in [4.78, 5) is 23.6. The van der Waals surface area contributed by atoms with Gasteiger partial charge in [-0.05, 0) is 13.3 Å². The summed E-state index contributed by atoms with van der Waals surface area (Å²) in [5, 5.41) is 6.81. The topological polar surface area (TPSA) is 64.0 Å². The van der Waals surface area contributed by atoms with Crippen LogP contribution in [0.2, 0.25) is 0 Å². The Morgan fingerprint density at radius 2 is 1.77 bits per heavy atom. The summed E-state index contributed by atoms with van der Waals surface area (Å²) in [5.74, 6) is 0.424. The predicted molar refractivity (Wildman–Crippen MR) is 88.8 cm³/mol. The minimum Gasteiger partial charge on any atom is -0.311 e. The van der Waals surface area contributed by atoms with Gasteiger partial charge in [-0.1, -0.05) is 45.4 Å². The summed E-state index contributed by atoms with van der Waals surface area (Å²) in [6.07, 6.45) is 10.4. The van der Waals surface area contributed by atoms with E-state index in [0.717, 1.165) is 12.8 Å². The molecule has 0 aliphatic carbocycles. The normalized spacial score (nSPS) is 10.6. The highest BCUT2D eigenvalue weighted by Crippen LogP contribution is 2.10. The van der Waals surface area contributed by atoms with E-state index in [0.29, 0.717) is 18.8 Å². The third kappa shape index (κ3) is 7.38. The molecule has 0 unspecified atom stereocenters. The monoisotopic (exact) mass is 307 g/mol. The Hall–Kier alpha value is -1.65. The number of amides is 1. The standard InChI is InChI=1S/C17H29N3O2/c1-3-5-6-7-8-9-10-11-15(21)14-17(22)19-16-12-13-18-20(16)4-2/h12-13H,3-11,14H2,1-2H3,(H,19,22). The van der Waals surface area contributed by atoms with E-state index in [1.807, 2.05) is 6.92 Å². The third-order valence-corrected chi connectivity index (χ3v) is 3.70. The maximum absolute atomic E-state index is 11.8. The summed E-state index contributed by atoms with van der Waals surface area (Å²) in [6.45, 7) is 4.85. The molecule has 0 saturated heterocycles. The summed E-state index contributed by atoms with van der Waals surface area (Å²) >= 11 is 0. The van der Waals surface area contributed by atoms with E-state index in [9.17, 15) is 9.59 Å². The van der Waals surface area contributed by atoms with Crippen molar-refractivity contribution in [2.24, 2.45) is 0 Å². The van der Waals surface area contributed by atoms with Gasteiger partial charge in [0, 0.05) is 19.0 Å². The van der Waals surface area contributed by atoms with Crippen molar-refractivity contribution in [1.29, 1.82) is 0 Å². The van der Waals surface area contributed by atoms with E-state index >= 15 is 0 Å². The second kappa shape index (κ2) is 11.0. The minimum atomic E-state index is -0.247. The predicted octanol–water partition coefficient (Wildman–Crippen LogP) is 3.94. The van der Waals surface area contributed by atoms with Crippen LogP contribution in [0.3, 0.4) is 0 Å². The van der Waals surface area contributed by atoms with Crippen LogP contribution in [0.4, 0.5) is 5.82 Å². The van der Waals surface area contributed by atoms with Crippen LogP contribution in [0.15, 0.2) is 12.3 Å². The highest BCUT2D eigenvalue weighted by atomic mass is 16.2. The number of nitrogens with one attached hydrogen (secondary N) is 1. The van der Waals surface area contributed by atoms with Crippen LogP contribution >= 0.6 is 0 Å². The smallest absolute Gasteiger partial charge is 0.232 e. The average molecular weight is 307 g/mol. The molecule has 5 heteroatoms. The molecule has 0 saturated carbocycles. The Morgan fingerprint density at radius 1 is 1.09 bits per heavy atom. The van der Waals surface area contributed by atoms with Crippen LogP contribution in [-0.4, -0.2) is 21.5 Å². The largest absolute Gasteiger partial charge is 0.311 e. The van der Waals surface area contributed by atoms with Crippen LogP contribution in [0.5, 0.6) is 0 Å². The molecule has 1 N–H and O–H groups in total. The summed E-state index contributed by atoms with van der Waals surface area (Å²) in [7, 11) is 0. The van der Waals surface area contributed by atoms with Crippen molar-refractivity contribution < 1.29 is 9.59 Å². The van der Waals surface area contributed by atoms with Gasteiger partial charge in [0.1, 0.15) is 11.6 Å². The fraction of sp³-hybridized carbons (Fsp3) is 0.706. The molecule has 0 atom stereocenters. The van der Waals surface area contributed by atoms with Crippen LogP contribution in [0.1, 0.15) is 71.6 Å². The number of hydrogen-bond acceptors (Lipinski definition) is 3. The number of carbonyl (C=O) groups is 2. The second-order valence-corrected chi connectivity index (χ2v) is 5.67. The first-order valence-corrected chi connectivity index (χ1v) is 8.50. The van der Waals surface area contributed by atoms with Crippen molar-refractivity contribution in [3.05, 3.63) is 12.3 Å². The number of Topliss-reactive ketones (excluding diaryl/α,β-unsaturated/α-hetero) is 1. The average Bonchev–Trinajstić information content (AvgIpc) is 2.93. The van der Waals surface area contributed by atoms with Crippen LogP contribution < -0.4 is 5.32 Å². The molecule has 124 valence electrons. The van der Waals surface area contributed by atoms with E-state index in [1.165, 1.54) is 32.1 Å². The van der Waals surface area contributed by atoms with Crippen LogP contribution in [-0.2, 0) is 16.1 Å². The van der Waals surface area contributed by atoms with Gasteiger partial charge in [-0.25, -0.2) is 4.68 Å². The first-order chi connectivity index (χ1) is 10.7. The lowest BCUT2D eigenvalue weighted by atomic mass is 10.1. The molecule has 0 spiro atoms. The Bertz CT molecular complexity index is 455. The van der Waals surface area contributed by atoms with Crippen LogP contribution in [0, 0.1) is 0 Å². The van der Waals surface area contributed by atoms with Crippen molar-refractivity contribution in [1.82, 2.24) is 9.78 Å². The molecule has 0 bridgehead atoms. The fourth-order valence-electron chi connectivity index (χ4n) is 2.42. The minimum absolute atomic E-state index is 0.0219. The number of rotatable bonds is 12. The highest BCUT2D eigenvalue weighted by Gasteiger charge is 2.11. The number of ketones is 1. The SMILES string of the molecule is CCCCCCCCCC(=O)CC(=O)Nc1ccnn1CC. The quantitative estimate of drug-likeness (QED) is 0.470. The summed E-state index contributed by atoms with van der Waals surface area (Å²) in [6, 6.07) is 1.74. The molecule has 0 aliphatic rings. The Balaban J connectivity index is 2.12. The highest BCUT2D eigenvalue weighted by molar-refractivity contribution is 6.03. The fourth-order valence-corrected chi connectivity index (χ4v) is 2.42. The Kier molecular flexibility index (Phi) is 9.19. The van der Waals surface area contributed by atoms with Gasteiger partial charge in [0.2, 0.25) is 5.91 Å². The van der Waals surface area contributed by atoms with Gasteiger partial charge < -0.3 is 5.32 Å². The van der Waals surface area contributed by atoms with E-state index < -0.39 is 0 Å². The van der Waals surface area contributed by atoms with E-state index in [-0.39, 0.29) is 18.1 Å². The number of aryl methyl sites for hydroxylation is 1. The van der Waals surface area contributed by atoms with Gasteiger partial charge in [0.05, 0.1) is 12.6 Å². The van der Waals surface area contributed by atoms with Crippen molar-refractivity contribution in [3.63, 3.8) is 0 Å². The molecule has 0 radical (unpaired) electrons. The van der Waals surface area contributed by atoms with Gasteiger partial charge in [0.15, 0.2) is 0 Å². The molecule has 0 aromatic carbocycles. The molecule has 5 nitrogen and oxygen atoms in total. The molecule has 1 amide bonds. The van der Waals surface area contributed by atoms with E-state index in [1.54, 1.807) is 16.9 Å². The van der Waals surface area contributed by atoms with Crippen molar-refractivity contribution in [2.75, 3.05) is 5.32 Å². The molecular weight excluding hydrogens is 278 g/mol. The number of nitrogens with zero attached hydrogens (tertiary/aromatic N) is 2. The summed E-state index contributed by atoms with van der Waals surface area (Å²) in [5.41, 5.74) is 0. The van der Waals surface area contributed by atoms with Gasteiger partial charge in [-0.2, -0.15) is 5.10 Å². The van der Waals surface area contributed by atoms with E-state index in [4.69, 9.17) is 0 Å². The molecule has 1 aromatic heterocycles. The molecule has 0 aliphatic heterocycles. The zero-order valence-electron chi connectivity index (χ0n) is 13.9. The lowest BCUT2D eigenvalue weighted by Gasteiger charge is -2.06. The first-order valence-electron chi connectivity index (χ1n) is 8.50. The molecule has 22 heavy (non-hydrogen) atoms. The van der Waals surface area contributed by atoms with Crippen molar-refractivity contribution in [3.8, 4) is 0 Å². The summed E-state index contributed by atoms with van der Waals surface area (Å²) < 4.78 is 1.69. The number of anilines is 1. The van der Waals surface area contributed by atoms with Gasteiger partial charge in [0.25, 0.3) is 0 Å². The van der Waals surface area contributed by atoms with Gasteiger partial charge in [-0.15, -0.1) is 0 Å². The first kappa shape index (κ1) is 18.4. The van der Waals surface area contributed by atoms with E-state index in [2.05, 4.69) is 17.3 Å². The molecular formula is C17H29N3O2. The third-order valence-electron chi connectivity index (χ3n) is 3.70. The zero-order valence-corrected chi connectivity index (χ0v) is 13.9. The Labute approximate surface area is 133 Å². The number of hydrogen-bond donors (Lipinski definition) is 1. The van der Waals surface area contributed by atoms with Crippen molar-refractivity contribution in [2.45, 2.75) is 78.2 Å². The van der Waals surface area contributed by atoms with Gasteiger partial charge in [-0.3, -0.25) is 9.59 Å². The Morgan fingerprint density at radius 3 is 2.45 bits per heavy atom. The molecule has 0 fully saturated rings. The van der Waals surface area contributed by atoms with Gasteiger partial charge >= 0.3 is 0 Å². The lowest BCUT2D eigenvalue weighted by Crippen LogP contribution is -2.18. The van der Waals surface area contributed by atoms with Crippen molar-refractivity contribution >= 4 is 17.5 Å². The molecule has 1 aromatic rings. The molecule has 1 rings (SSSR count). The number of carbonyl (C=O) groups excluding carboxylic acids is 2. The van der Waals surface area contributed by atoms with Crippen LogP contribution in [0.25, 0.3) is 0 Å². The number of aromatic nitrogens is 2. The maximum Gasteiger partial charge on any atom is 0.232 e. The second-order valence-electron chi connectivity index (χ2n) is 5.67. The number of unbranched alkanes of at least 4 members (excludes halogenated alkanes) is 6. The zero-order chi connectivity index (χ0) is 16.2. The maximum atomic E-state index is 11.8. The molecule has 1 heterocycles. The lowest BCUT2D eigenvalue weighted by molar-refractivity contribution is -0.125.